The summed E-state index contributed by atoms with van der Waals surface area (Å²) in [6.07, 6.45) is -0.392. The van der Waals surface area contributed by atoms with Crippen molar-refractivity contribution in [3.63, 3.8) is 0 Å². The van der Waals surface area contributed by atoms with Gasteiger partial charge in [0.1, 0.15) is 12.2 Å². The minimum Gasteiger partial charge on any atom is -0.459 e. The highest BCUT2D eigenvalue weighted by atomic mass is 32.3. The fourth-order valence-corrected chi connectivity index (χ4v) is 5.73. The molecule has 0 aromatic rings. The number of carbonyl (C=O) groups is 1. The molecule has 4 bridgehead atoms. The zero-order valence-electron chi connectivity index (χ0n) is 12.0. The molecule has 2 saturated carbocycles. The molecule has 8 nitrogen and oxygen atoms in total. The van der Waals surface area contributed by atoms with Crippen molar-refractivity contribution in [3.8, 4) is 0 Å². The lowest BCUT2D eigenvalue weighted by Gasteiger charge is -2.42. The summed E-state index contributed by atoms with van der Waals surface area (Å²) in [7, 11) is -11.6. The fourth-order valence-electron chi connectivity index (χ4n) is 3.73. The smallest absolute Gasteiger partial charge is 0.459 e. The lowest BCUT2D eigenvalue weighted by molar-refractivity contribution is -0.154. The number of hydrogen-bond acceptors (Lipinski definition) is 7. The zero-order chi connectivity index (χ0) is 17.9. The van der Waals surface area contributed by atoms with Crippen molar-refractivity contribution in [1.82, 2.24) is 0 Å². The Morgan fingerprint density at radius 1 is 1.08 bits per heavy atom. The van der Waals surface area contributed by atoms with Crippen LogP contribution in [0.5, 0.6) is 0 Å². The largest absolute Gasteiger partial charge is 0.480 e. The molecule has 0 spiro atoms. The Morgan fingerprint density at radius 2 is 1.75 bits per heavy atom. The number of hydrogen-bond donors (Lipinski definition) is 0. The Labute approximate surface area is 136 Å². The third kappa shape index (κ3) is 3.26. The van der Waals surface area contributed by atoms with Crippen molar-refractivity contribution in [1.29, 1.82) is 0 Å². The van der Waals surface area contributed by atoms with Crippen LogP contribution in [0.1, 0.15) is 25.7 Å². The summed E-state index contributed by atoms with van der Waals surface area (Å²) in [6, 6.07) is 0. The SMILES string of the molecule is O=C1OC2CC3CC1CC(C3)C2OS(=O)(=O)[N-]S(=O)(=O)C(F)(F)F. The first-order chi connectivity index (χ1) is 10.9. The lowest BCUT2D eigenvalue weighted by Crippen LogP contribution is -2.45. The van der Waals surface area contributed by atoms with Gasteiger partial charge in [0.25, 0.3) is 0 Å². The second-order valence-electron chi connectivity index (χ2n) is 6.23. The first-order valence-electron chi connectivity index (χ1n) is 7.07. The molecule has 5 atom stereocenters. The Kier molecular flexibility index (Phi) is 4.13. The average molecular weight is 392 g/mol. The van der Waals surface area contributed by atoms with Crippen LogP contribution in [-0.2, 0) is 34.0 Å². The Hall–Kier alpha value is -0.920. The maximum absolute atomic E-state index is 12.3. The second-order valence-corrected chi connectivity index (χ2v) is 9.28. The van der Waals surface area contributed by atoms with E-state index in [9.17, 15) is 34.8 Å². The summed E-state index contributed by atoms with van der Waals surface area (Å²) in [4.78, 5) is 11.8. The molecule has 2 aliphatic heterocycles. The van der Waals surface area contributed by atoms with Crippen LogP contribution in [0.4, 0.5) is 13.2 Å². The van der Waals surface area contributed by atoms with E-state index in [0.717, 1.165) is 0 Å². The van der Waals surface area contributed by atoms with E-state index in [2.05, 4.69) is 4.18 Å². The Bertz CT molecular complexity index is 748. The third-order valence-corrected chi connectivity index (χ3v) is 7.12. The van der Waals surface area contributed by atoms with E-state index in [-0.39, 0.29) is 12.3 Å². The van der Waals surface area contributed by atoms with E-state index in [1.807, 2.05) is 4.13 Å². The highest BCUT2D eigenvalue weighted by molar-refractivity contribution is 8.10. The van der Waals surface area contributed by atoms with Crippen LogP contribution in [0, 0.1) is 17.8 Å². The highest BCUT2D eigenvalue weighted by Gasteiger charge is 2.52. The number of sulfonamides is 1. The van der Waals surface area contributed by atoms with Crippen LogP contribution < -0.4 is 0 Å². The number of carbonyl (C=O) groups excluding carboxylic acids is 1. The number of nitrogens with zero attached hydrogens (tertiary/aromatic N) is 1. The van der Waals surface area contributed by atoms with Crippen LogP contribution in [0.2, 0.25) is 0 Å². The zero-order valence-corrected chi connectivity index (χ0v) is 13.6. The van der Waals surface area contributed by atoms with Gasteiger partial charge >= 0.3 is 11.5 Å². The Morgan fingerprint density at radius 3 is 2.38 bits per heavy atom. The molecule has 2 saturated heterocycles. The van der Waals surface area contributed by atoms with Crippen molar-refractivity contribution in [3.05, 3.63) is 4.13 Å². The number of alkyl halides is 3. The molecule has 138 valence electrons. The van der Waals surface area contributed by atoms with Crippen molar-refractivity contribution in [2.45, 2.75) is 43.4 Å². The number of esters is 1. The molecule has 0 aromatic heterocycles. The average Bonchev–Trinajstić information content (AvgIpc) is 2.54. The first kappa shape index (κ1) is 17.9. The lowest BCUT2D eigenvalue weighted by atomic mass is 9.67. The summed E-state index contributed by atoms with van der Waals surface area (Å²) in [5, 5.41) is 0. The number of rotatable bonds is 4. The van der Waals surface area contributed by atoms with Gasteiger partial charge in [0.15, 0.2) is 10.0 Å². The number of fused-ring (bicyclic) bond motifs is 1. The van der Waals surface area contributed by atoms with Gasteiger partial charge in [-0.25, -0.2) is 16.8 Å². The van der Waals surface area contributed by atoms with Gasteiger partial charge in [-0.15, -0.1) is 0 Å². The van der Waals surface area contributed by atoms with Crippen LogP contribution in [0.3, 0.4) is 0 Å². The van der Waals surface area contributed by atoms with E-state index in [1.165, 1.54) is 0 Å². The predicted octanol–water partition coefficient (Wildman–Crippen LogP) is 1.20. The molecule has 2 aliphatic carbocycles. The van der Waals surface area contributed by atoms with Gasteiger partial charge in [-0.05, 0) is 37.5 Å². The standard InChI is InChI=1S/C11H13F3NO7S2/c12-11(13,14)23(17,18)15-24(19,20)22-9-6-1-5-2-7(4-6)10(16)21-8(9)3-5/h5-9H,1-4H2/q-1. The molecule has 0 aromatic carbocycles. The van der Waals surface area contributed by atoms with Gasteiger partial charge in [-0.1, -0.05) is 0 Å². The molecular weight excluding hydrogens is 379 g/mol. The van der Waals surface area contributed by atoms with Gasteiger partial charge in [0, 0.05) is 0 Å². The van der Waals surface area contributed by atoms with Crippen LogP contribution in [0.25, 0.3) is 4.13 Å². The summed E-state index contributed by atoms with van der Waals surface area (Å²) < 4.78 is 93.6. The molecule has 13 heteroatoms. The highest BCUT2D eigenvalue weighted by Crippen LogP contribution is 2.48. The van der Waals surface area contributed by atoms with Crippen molar-refractivity contribution in [2.24, 2.45) is 17.8 Å². The predicted molar refractivity (Wildman–Crippen MR) is 70.9 cm³/mol. The topological polar surface area (TPSA) is 118 Å². The molecule has 4 aliphatic rings. The monoisotopic (exact) mass is 392 g/mol. The molecule has 24 heavy (non-hydrogen) atoms. The van der Waals surface area contributed by atoms with E-state index >= 15 is 0 Å². The van der Waals surface area contributed by atoms with Crippen molar-refractivity contribution < 1.29 is 43.7 Å². The molecule has 2 heterocycles. The van der Waals surface area contributed by atoms with Gasteiger partial charge in [-0.3, -0.25) is 8.98 Å². The van der Waals surface area contributed by atoms with E-state index < -0.39 is 55.8 Å². The molecule has 0 amide bonds. The van der Waals surface area contributed by atoms with Gasteiger partial charge < -0.3 is 8.86 Å². The molecule has 0 radical (unpaired) electrons. The third-order valence-electron chi connectivity index (χ3n) is 4.55. The Balaban J connectivity index is 1.79. The van der Waals surface area contributed by atoms with E-state index in [4.69, 9.17) is 4.74 Å². The maximum atomic E-state index is 12.3. The van der Waals surface area contributed by atoms with Crippen LogP contribution in [-0.4, -0.2) is 40.5 Å². The minimum atomic E-state index is -6.25. The van der Waals surface area contributed by atoms with Gasteiger partial charge in [-0.2, -0.15) is 13.2 Å². The molecule has 5 unspecified atom stereocenters. The summed E-state index contributed by atoms with van der Waals surface area (Å²) in [6.45, 7) is 0. The number of halogens is 3. The number of ether oxygens (including phenoxy) is 1. The van der Waals surface area contributed by atoms with Crippen LogP contribution in [0.15, 0.2) is 0 Å². The molecule has 4 rings (SSSR count). The first-order valence-corrected chi connectivity index (χ1v) is 9.88. The van der Waals surface area contributed by atoms with Gasteiger partial charge in [0.05, 0.1) is 5.92 Å². The summed E-state index contributed by atoms with van der Waals surface area (Å²) in [5.41, 5.74) is -5.85. The molecule has 0 N–H and O–H groups in total. The van der Waals surface area contributed by atoms with Crippen molar-refractivity contribution >= 4 is 26.3 Å². The minimum absolute atomic E-state index is 0.142. The normalized spacial score (nSPS) is 36.5. The van der Waals surface area contributed by atoms with E-state index in [0.29, 0.717) is 19.3 Å². The maximum Gasteiger partial charge on any atom is 0.480 e. The molecule has 4 fully saturated rings. The fraction of sp³-hybridized carbons (Fsp3) is 0.909. The summed E-state index contributed by atoms with van der Waals surface area (Å²) in [5.74, 6) is -1.16. The molecular formula is C11H13F3NO7S2-. The van der Waals surface area contributed by atoms with Crippen LogP contribution >= 0.6 is 0 Å². The van der Waals surface area contributed by atoms with Crippen molar-refractivity contribution in [2.75, 3.05) is 0 Å². The second kappa shape index (κ2) is 5.54. The quantitative estimate of drug-likeness (QED) is 0.660. The summed E-state index contributed by atoms with van der Waals surface area (Å²) >= 11 is 0. The van der Waals surface area contributed by atoms with Gasteiger partial charge in [0.2, 0.25) is 10.3 Å². The van der Waals surface area contributed by atoms with E-state index in [1.54, 1.807) is 0 Å².